The van der Waals surface area contributed by atoms with Crippen molar-refractivity contribution in [2.45, 2.75) is 6.92 Å². The molecule has 0 aliphatic carbocycles. The third kappa shape index (κ3) is 1.97. The molecule has 100 valence electrons. The summed E-state index contributed by atoms with van der Waals surface area (Å²) in [6.45, 7) is 1.99. The third-order valence-electron chi connectivity index (χ3n) is 3.12. The molecular formula is C15H12FN3O. The molecule has 2 heterocycles. The summed E-state index contributed by atoms with van der Waals surface area (Å²) in [5.74, 6) is -0.223. The molecule has 0 spiro atoms. The first kappa shape index (κ1) is 12.5. The van der Waals surface area contributed by atoms with Crippen molar-refractivity contribution in [3.8, 4) is 17.3 Å². The Labute approximate surface area is 115 Å². The zero-order chi connectivity index (χ0) is 14.1. The molecule has 0 saturated carbocycles. The Hall–Kier alpha value is -2.56. The Morgan fingerprint density at radius 1 is 1.15 bits per heavy atom. The van der Waals surface area contributed by atoms with E-state index in [0.29, 0.717) is 5.82 Å². The first-order valence-electron chi connectivity index (χ1n) is 6.12. The van der Waals surface area contributed by atoms with Crippen LogP contribution in [0.4, 0.5) is 4.39 Å². The third-order valence-corrected chi connectivity index (χ3v) is 3.12. The van der Waals surface area contributed by atoms with Crippen LogP contribution in [-0.2, 0) is 0 Å². The van der Waals surface area contributed by atoms with Crippen LogP contribution in [0.1, 0.15) is 5.56 Å². The molecule has 3 rings (SSSR count). The predicted octanol–water partition coefficient (Wildman–Crippen LogP) is 3.15. The molecule has 1 aromatic carbocycles. The SMILES string of the molecule is COc1nc(-c2ccc(C)c3ncccc23)ncc1F. The van der Waals surface area contributed by atoms with Gasteiger partial charge < -0.3 is 4.74 Å². The van der Waals surface area contributed by atoms with Gasteiger partial charge in [-0.3, -0.25) is 4.98 Å². The molecule has 0 fully saturated rings. The number of nitrogens with zero attached hydrogens (tertiary/aromatic N) is 3. The lowest BCUT2D eigenvalue weighted by molar-refractivity contribution is 0.368. The zero-order valence-corrected chi connectivity index (χ0v) is 11.1. The average molecular weight is 269 g/mol. The van der Waals surface area contributed by atoms with E-state index < -0.39 is 5.82 Å². The molecule has 0 aliphatic rings. The molecule has 0 unspecified atom stereocenters. The number of halogens is 1. The van der Waals surface area contributed by atoms with Crippen molar-refractivity contribution < 1.29 is 9.13 Å². The minimum Gasteiger partial charge on any atom is -0.479 e. The van der Waals surface area contributed by atoms with Gasteiger partial charge in [0.05, 0.1) is 18.8 Å². The number of ether oxygens (including phenoxy) is 1. The molecular weight excluding hydrogens is 257 g/mol. The van der Waals surface area contributed by atoms with Gasteiger partial charge in [0.15, 0.2) is 5.82 Å². The second kappa shape index (κ2) is 4.85. The molecule has 3 aromatic rings. The standard InChI is InChI=1S/C15H12FN3O/c1-9-5-6-11(10-4-3-7-17-13(9)10)14-18-8-12(16)15(19-14)20-2/h3-8H,1-2H3. The van der Waals surface area contributed by atoms with Crippen LogP contribution in [0.25, 0.3) is 22.3 Å². The highest BCUT2D eigenvalue weighted by Crippen LogP contribution is 2.28. The van der Waals surface area contributed by atoms with Gasteiger partial charge in [-0.05, 0) is 18.6 Å². The van der Waals surface area contributed by atoms with Crippen molar-refractivity contribution in [2.75, 3.05) is 7.11 Å². The molecule has 0 N–H and O–H groups in total. The van der Waals surface area contributed by atoms with Crippen molar-refractivity contribution in [1.82, 2.24) is 15.0 Å². The van der Waals surface area contributed by atoms with Crippen LogP contribution in [-0.4, -0.2) is 22.1 Å². The van der Waals surface area contributed by atoms with E-state index in [4.69, 9.17) is 4.74 Å². The molecule has 20 heavy (non-hydrogen) atoms. The summed E-state index contributed by atoms with van der Waals surface area (Å²) < 4.78 is 18.3. The Balaban J connectivity index is 2.27. The van der Waals surface area contributed by atoms with Gasteiger partial charge in [0, 0.05) is 17.1 Å². The van der Waals surface area contributed by atoms with E-state index in [2.05, 4.69) is 15.0 Å². The van der Waals surface area contributed by atoms with E-state index in [1.165, 1.54) is 7.11 Å². The largest absolute Gasteiger partial charge is 0.479 e. The van der Waals surface area contributed by atoms with Gasteiger partial charge in [-0.25, -0.2) is 4.98 Å². The molecule has 0 bridgehead atoms. The fourth-order valence-electron chi connectivity index (χ4n) is 2.13. The predicted molar refractivity (Wildman–Crippen MR) is 74.0 cm³/mol. The number of hydrogen-bond donors (Lipinski definition) is 0. The van der Waals surface area contributed by atoms with Crippen LogP contribution in [0.5, 0.6) is 5.88 Å². The van der Waals surface area contributed by atoms with E-state index in [1.54, 1.807) is 6.20 Å². The summed E-state index contributed by atoms with van der Waals surface area (Å²) in [6.07, 6.45) is 2.86. The van der Waals surface area contributed by atoms with Crippen LogP contribution in [0.15, 0.2) is 36.7 Å². The van der Waals surface area contributed by atoms with Gasteiger partial charge in [0.25, 0.3) is 5.88 Å². The molecule has 0 amide bonds. The average Bonchev–Trinajstić information content (AvgIpc) is 2.49. The van der Waals surface area contributed by atoms with Crippen LogP contribution >= 0.6 is 0 Å². The summed E-state index contributed by atoms with van der Waals surface area (Å²) in [5.41, 5.74) is 2.76. The molecule has 0 saturated heterocycles. The summed E-state index contributed by atoms with van der Waals surface area (Å²) in [4.78, 5) is 12.5. The van der Waals surface area contributed by atoms with Crippen LogP contribution in [0.2, 0.25) is 0 Å². The fraction of sp³-hybridized carbons (Fsp3) is 0.133. The van der Waals surface area contributed by atoms with Gasteiger partial charge >= 0.3 is 0 Å². The van der Waals surface area contributed by atoms with Crippen LogP contribution < -0.4 is 4.74 Å². The maximum absolute atomic E-state index is 13.4. The lowest BCUT2D eigenvalue weighted by Crippen LogP contribution is -1.98. The Kier molecular flexibility index (Phi) is 3.02. The van der Waals surface area contributed by atoms with E-state index in [1.807, 2.05) is 31.2 Å². The molecule has 5 heteroatoms. The minimum absolute atomic E-state index is 0.0624. The van der Waals surface area contributed by atoms with E-state index in [-0.39, 0.29) is 5.88 Å². The van der Waals surface area contributed by atoms with E-state index in [9.17, 15) is 4.39 Å². The first-order valence-corrected chi connectivity index (χ1v) is 6.12. The first-order chi connectivity index (χ1) is 9.70. The Morgan fingerprint density at radius 3 is 2.80 bits per heavy atom. The molecule has 0 radical (unpaired) electrons. The molecule has 2 aromatic heterocycles. The maximum Gasteiger partial charge on any atom is 0.253 e. The van der Waals surface area contributed by atoms with Crippen LogP contribution in [0.3, 0.4) is 0 Å². The lowest BCUT2D eigenvalue weighted by Gasteiger charge is -2.08. The van der Waals surface area contributed by atoms with Gasteiger partial charge in [-0.2, -0.15) is 9.37 Å². The Bertz CT molecular complexity index is 789. The van der Waals surface area contributed by atoms with Gasteiger partial charge in [0.1, 0.15) is 0 Å². The maximum atomic E-state index is 13.4. The number of benzene rings is 1. The lowest BCUT2D eigenvalue weighted by atomic mass is 10.0. The second-order valence-electron chi connectivity index (χ2n) is 4.38. The highest BCUT2D eigenvalue weighted by Gasteiger charge is 2.12. The number of rotatable bonds is 2. The number of fused-ring (bicyclic) bond motifs is 1. The number of pyridine rings is 1. The van der Waals surface area contributed by atoms with Crippen LogP contribution in [0, 0.1) is 12.7 Å². The number of aromatic nitrogens is 3. The summed E-state index contributed by atoms with van der Waals surface area (Å²) in [6, 6.07) is 7.66. The number of methoxy groups -OCH3 is 1. The summed E-state index contributed by atoms with van der Waals surface area (Å²) in [7, 11) is 1.38. The Morgan fingerprint density at radius 2 is 2.00 bits per heavy atom. The van der Waals surface area contributed by atoms with E-state index >= 15 is 0 Å². The summed E-state index contributed by atoms with van der Waals surface area (Å²) in [5, 5.41) is 0.932. The molecule has 4 nitrogen and oxygen atoms in total. The quantitative estimate of drug-likeness (QED) is 0.717. The van der Waals surface area contributed by atoms with E-state index in [0.717, 1.165) is 28.2 Å². The molecule has 0 aliphatic heterocycles. The van der Waals surface area contributed by atoms with Crippen molar-refractivity contribution in [1.29, 1.82) is 0 Å². The minimum atomic E-state index is -0.578. The van der Waals surface area contributed by atoms with Crippen molar-refractivity contribution >= 4 is 10.9 Å². The topological polar surface area (TPSA) is 47.9 Å². The summed E-state index contributed by atoms with van der Waals surface area (Å²) >= 11 is 0. The fourth-order valence-corrected chi connectivity index (χ4v) is 2.13. The number of aryl methyl sites for hydroxylation is 1. The molecule has 0 atom stereocenters. The van der Waals surface area contributed by atoms with Crippen molar-refractivity contribution in [3.63, 3.8) is 0 Å². The van der Waals surface area contributed by atoms with Crippen molar-refractivity contribution in [2.24, 2.45) is 0 Å². The van der Waals surface area contributed by atoms with Gasteiger partial charge in [-0.15, -0.1) is 0 Å². The monoisotopic (exact) mass is 269 g/mol. The number of hydrogen-bond acceptors (Lipinski definition) is 4. The highest BCUT2D eigenvalue weighted by molar-refractivity contribution is 5.94. The van der Waals surface area contributed by atoms with Gasteiger partial charge in [-0.1, -0.05) is 18.2 Å². The zero-order valence-electron chi connectivity index (χ0n) is 11.1. The smallest absolute Gasteiger partial charge is 0.253 e. The second-order valence-corrected chi connectivity index (χ2v) is 4.38. The van der Waals surface area contributed by atoms with Crippen molar-refractivity contribution in [3.05, 3.63) is 48.0 Å². The normalized spacial score (nSPS) is 10.8. The van der Waals surface area contributed by atoms with Gasteiger partial charge in [0.2, 0.25) is 5.82 Å². The highest BCUT2D eigenvalue weighted by atomic mass is 19.1.